The van der Waals surface area contributed by atoms with E-state index in [2.05, 4.69) is 6.58 Å². The van der Waals surface area contributed by atoms with Gasteiger partial charge in [0.15, 0.2) is 0 Å². The van der Waals surface area contributed by atoms with E-state index in [9.17, 15) is 5.11 Å². The Kier molecular flexibility index (Phi) is 5.18. The molecule has 0 saturated carbocycles. The molecular formula is C10H20O2. The number of ether oxygens (including phenoxy) is 1. The maximum absolute atomic E-state index is 9.37. The molecule has 0 spiro atoms. The van der Waals surface area contributed by atoms with E-state index in [0.717, 1.165) is 12.8 Å². The van der Waals surface area contributed by atoms with E-state index in [1.54, 1.807) is 6.08 Å². The Morgan fingerprint density at radius 1 is 1.50 bits per heavy atom. The third-order valence-electron chi connectivity index (χ3n) is 1.41. The van der Waals surface area contributed by atoms with Crippen LogP contribution in [0.1, 0.15) is 33.6 Å². The van der Waals surface area contributed by atoms with Crippen molar-refractivity contribution >= 4 is 0 Å². The van der Waals surface area contributed by atoms with E-state index in [0.29, 0.717) is 6.61 Å². The molecule has 0 amide bonds. The third-order valence-corrected chi connectivity index (χ3v) is 1.41. The topological polar surface area (TPSA) is 29.5 Å². The minimum atomic E-state index is -0.359. The summed E-state index contributed by atoms with van der Waals surface area (Å²) in [5.41, 5.74) is -0.158. The van der Waals surface area contributed by atoms with Gasteiger partial charge in [0.05, 0.1) is 18.3 Å². The molecule has 0 aromatic rings. The summed E-state index contributed by atoms with van der Waals surface area (Å²) in [6.45, 7) is 9.94. The van der Waals surface area contributed by atoms with E-state index in [1.165, 1.54) is 0 Å². The van der Waals surface area contributed by atoms with Crippen LogP contribution in [0.15, 0.2) is 12.7 Å². The first-order chi connectivity index (χ1) is 5.45. The molecule has 0 aromatic carbocycles. The van der Waals surface area contributed by atoms with Gasteiger partial charge in [0.2, 0.25) is 0 Å². The van der Waals surface area contributed by atoms with Crippen molar-refractivity contribution in [3.05, 3.63) is 12.7 Å². The Morgan fingerprint density at radius 3 is 2.50 bits per heavy atom. The SMILES string of the molecule is C=CCC[C@@H](O)COC(C)(C)C. The zero-order valence-electron chi connectivity index (χ0n) is 8.34. The number of hydrogen-bond acceptors (Lipinski definition) is 2. The molecule has 0 rings (SSSR count). The minimum Gasteiger partial charge on any atom is -0.391 e. The van der Waals surface area contributed by atoms with Crippen molar-refractivity contribution in [1.29, 1.82) is 0 Å². The lowest BCUT2D eigenvalue weighted by molar-refractivity contribution is -0.0501. The van der Waals surface area contributed by atoms with Gasteiger partial charge in [-0.3, -0.25) is 0 Å². The van der Waals surface area contributed by atoms with Crippen LogP contribution < -0.4 is 0 Å². The third kappa shape index (κ3) is 7.76. The average molecular weight is 172 g/mol. The minimum absolute atomic E-state index is 0.158. The van der Waals surface area contributed by atoms with Crippen LogP contribution in [0.4, 0.5) is 0 Å². The van der Waals surface area contributed by atoms with Crippen molar-refractivity contribution in [3.63, 3.8) is 0 Å². The molecule has 1 atom stereocenters. The summed E-state index contributed by atoms with van der Waals surface area (Å²) < 4.78 is 5.40. The maximum atomic E-state index is 9.37. The highest BCUT2D eigenvalue weighted by atomic mass is 16.5. The molecule has 0 heterocycles. The molecule has 0 aliphatic carbocycles. The fourth-order valence-electron chi connectivity index (χ4n) is 0.740. The molecule has 0 unspecified atom stereocenters. The summed E-state index contributed by atoms with van der Waals surface area (Å²) in [7, 11) is 0. The molecule has 0 bridgehead atoms. The Hall–Kier alpha value is -0.340. The summed E-state index contributed by atoms with van der Waals surface area (Å²) in [5.74, 6) is 0. The number of aliphatic hydroxyl groups is 1. The van der Waals surface area contributed by atoms with Crippen LogP contribution in [0.3, 0.4) is 0 Å². The first-order valence-electron chi connectivity index (χ1n) is 4.38. The highest BCUT2D eigenvalue weighted by Crippen LogP contribution is 2.08. The van der Waals surface area contributed by atoms with Crippen LogP contribution >= 0.6 is 0 Å². The smallest absolute Gasteiger partial charge is 0.0776 e. The van der Waals surface area contributed by atoms with Crippen molar-refractivity contribution in [2.75, 3.05) is 6.61 Å². The lowest BCUT2D eigenvalue weighted by atomic mass is 10.1. The molecule has 0 aromatic heterocycles. The van der Waals surface area contributed by atoms with Gasteiger partial charge < -0.3 is 9.84 Å². The van der Waals surface area contributed by atoms with Crippen LogP contribution in [0.2, 0.25) is 0 Å². The monoisotopic (exact) mass is 172 g/mol. The van der Waals surface area contributed by atoms with Crippen LogP contribution in [0.5, 0.6) is 0 Å². The van der Waals surface area contributed by atoms with E-state index in [4.69, 9.17) is 4.74 Å². The van der Waals surface area contributed by atoms with Gasteiger partial charge in [-0.15, -0.1) is 6.58 Å². The summed E-state index contributed by atoms with van der Waals surface area (Å²) in [6.07, 6.45) is 3.02. The van der Waals surface area contributed by atoms with Crippen molar-refractivity contribution in [2.24, 2.45) is 0 Å². The zero-order valence-corrected chi connectivity index (χ0v) is 8.34. The molecule has 0 fully saturated rings. The van der Waals surface area contributed by atoms with Gasteiger partial charge >= 0.3 is 0 Å². The molecule has 0 saturated heterocycles. The van der Waals surface area contributed by atoms with Gasteiger partial charge in [0.1, 0.15) is 0 Å². The fraction of sp³-hybridized carbons (Fsp3) is 0.800. The van der Waals surface area contributed by atoms with Gasteiger partial charge in [0.25, 0.3) is 0 Å². The predicted molar refractivity (Wildman–Crippen MR) is 51.1 cm³/mol. The summed E-state index contributed by atoms with van der Waals surface area (Å²) in [5, 5.41) is 9.37. The van der Waals surface area contributed by atoms with E-state index < -0.39 is 0 Å². The molecule has 2 heteroatoms. The molecule has 2 nitrogen and oxygen atoms in total. The fourth-order valence-corrected chi connectivity index (χ4v) is 0.740. The van der Waals surface area contributed by atoms with Crippen LogP contribution in [-0.4, -0.2) is 23.4 Å². The molecule has 0 aliphatic rings. The lowest BCUT2D eigenvalue weighted by Gasteiger charge is -2.21. The molecule has 12 heavy (non-hydrogen) atoms. The van der Waals surface area contributed by atoms with Gasteiger partial charge in [-0.1, -0.05) is 6.08 Å². The molecule has 0 aliphatic heterocycles. The number of rotatable bonds is 5. The van der Waals surface area contributed by atoms with Gasteiger partial charge in [-0.25, -0.2) is 0 Å². The van der Waals surface area contributed by atoms with Crippen molar-refractivity contribution in [3.8, 4) is 0 Å². The second-order valence-electron chi connectivity index (χ2n) is 3.94. The van der Waals surface area contributed by atoms with E-state index >= 15 is 0 Å². The normalized spacial score (nSPS) is 14.3. The Morgan fingerprint density at radius 2 is 2.08 bits per heavy atom. The van der Waals surface area contributed by atoms with Crippen LogP contribution in [0, 0.1) is 0 Å². The van der Waals surface area contributed by atoms with Gasteiger partial charge in [-0.05, 0) is 33.6 Å². The van der Waals surface area contributed by atoms with E-state index in [-0.39, 0.29) is 11.7 Å². The number of allylic oxidation sites excluding steroid dienone is 1. The van der Waals surface area contributed by atoms with Crippen LogP contribution in [0.25, 0.3) is 0 Å². The summed E-state index contributed by atoms with van der Waals surface area (Å²) in [6, 6.07) is 0. The highest BCUT2D eigenvalue weighted by molar-refractivity contribution is 4.69. The summed E-state index contributed by atoms with van der Waals surface area (Å²) in [4.78, 5) is 0. The Labute approximate surface area is 75.2 Å². The second-order valence-corrected chi connectivity index (χ2v) is 3.94. The molecule has 0 radical (unpaired) electrons. The Bertz CT molecular complexity index is 124. The number of hydrogen-bond donors (Lipinski definition) is 1. The van der Waals surface area contributed by atoms with Gasteiger partial charge in [0, 0.05) is 0 Å². The first-order valence-corrected chi connectivity index (χ1v) is 4.38. The highest BCUT2D eigenvalue weighted by Gasteiger charge is 2.12. The zero-order chi connectivity index (χ0) is 9.61. The van der Waals surface area contributed by atoms with Crippen molar-refractivity contribution in [2.45, 2.75) is 45.3 Å². The van der Waals surface area contributed by atoms with Crippen molar-refractivity contribution < 1.29 is 9.84 Å². The maximum Gasteiger partial charge on any atom is 0.0776 e. The second kappa shape index (κ2) is 5.33. The molecule has 1 N–H and O–H groups in total. The predicted octanol–water partition coefficient (Wildman–Crippen LogP) is 2.13. The van der Waals surface area contributed by atoms with Gasteiger partial charge in [-0.2, -0.15) is 0 Å². The largest absolute Gasteiger partial charge is 0.391 e. The molecule has 72 valence electrons. The summed E-state index contributed by atoms with van der Waals surface area (Å²) >= 11 is 0. The Balaban J connectivity index is 3.43. The van der Waals surface area contributed by atoms with Crippen LogP contribution in [-0.2, 0) is 4.74 Å². The quantitative estimate of drug-likeness (QED) is 0.644. The number of aliphatic hydroxyl groups excluding tert-OH is 1. The standard InChI is InChI=1S/C10H20O2/c1-5-6-7-9(11)8-12-10(2,3)4/h5,9,11H,1,6-8H2,2-4H3/t9-/m1/s1. The average Bonchev–Trinajstić information content (AvgIpc) is 1.95. The first kappa shape index (κ1) is 11.7. The van der Waals surface area contributed by atoms with E-state index in [1.807, 2.05) is 20.8 Å². The lowest BCUT2D eigenvalue weighted by Crippen LogP contribution is -2.25. The van der Waals surface area contributed by atoms with Crippen molar-refractivity contribution in [1.82, 2.24) is 0 Å². The molecular weight excluding hydrogens is 152 g/mol.